The van der Waals surface area contributed by atoms with Gasteiger partial charge in [-0.25, -0.2) is 0 Å². The first kappa shape index (κ1) is 26.4. The summed E-state index contributed by atoms with van der Waals surface area (Å²) in [5.41, 5.74) is 0.948. The van der Waals surface area contributed by atoms with Crippen LogP contribution in [0.1, 0.15) is 18.4 Å². The molecule has 1 saturated heterocycles. The average Bonchev–Trinajstić information content (AvgIpc) is 2.80. The minimum Gasteiger partial charge on any atom is -0.491 e. The molecule has 6 nitrogen and oxygen atoms in total. The van der Waals surface area contributed by atoms with Crippen LogP contribution in [-0.4, -0.2) is 72.8 Å². The number of rotatable bonds is 11. The van der Waals surface area contributed by atoms with E-state index in [0.29, 0.717) is 45.7 Å². The molecule has 3 rings (SSSR count). The van der Waals surface area contributed by atoms with Gasteiger partial charge in [0.05, 0.1) is 10.0 Å². The summed E-state index contributed by atoms with van der Waals surface area (Å²) in [6.07, 6.45) is 0.702. The largest absolute Gasteiger partial charge is 0.491 e. The molecule has 0 radical (unpaired) electrons. The quantitative estimate of drug-likeness (QED) is 0.415. The van der Waals surface area contributed by atoms with Crippen LogP contribution in [0.5, 0.6) is 11.5 Å². The van der Waals surface area contributed by atoms with Gasteiger partial charge in [0, 0.05) is 30.2 Å². The van der Waals surface area contributed by atoms with Crippen molar-refractivity contribution in [2.75, 3.05) is 39.4 Å². The maximum Gasteiger partial charge on any atom is 0.121 e. The Kier molecular flexibility index (Phi) is 10.4. The average molecular weight is 518 g/mol. The molecule has 1 fully saturated rings. The fraction of sp³-hybridized carbons (Fsp3) is 0.500. The zero-order chi connectivity index (χ0) is 23.8. The van der Waals surface area contributed by atoms with E-state index in [1.165, 1.54) is 0 Å². The molecule has 0 saturated carbocycles. The van der Waals surface area contributed by atoms with E-state index in [0.717, 1.165) is 31.5 Å². The van der Waals surface area contributed by atoms with Crippen LogP contribution in [0.15, 0.2) is 36.4 Å². The predicted molar refractivity (Wildman–Crippen MR) is 133 cm³/mol. The van der Waals surface area contributed by atoms with E-state index in [4.69, 9.17) is 44.3 Å². The molecule has 0 amide bonds. The van der Waals surface area contributed by atoms with Crippen molar-refractivity contribution < 1.29 is 19.7 Å². The van der Waals surface area contributed by atoms with Crippen LogP contribution in [0.3, 0.4) is 0 Å². The van der Waals surface area contributed by atoms with Crippen molar-refractivity contribution in [1.82, 2.24) is 10.2 Å². The molecule has 33 heavy (non-hydrogen) atoms. The van der Waals surface area contributed by atoms with Crippen molar-refractivity contribution >= 4 is 34.8 Å². The van der Waals surface area contributed by atoms with Crippen LogP contribution >= 0.6 is 34.8 Å². The van der Waals surface area contributed by atoms with Gasteiger partial charge in [-0.15, -0.1) is 0 Å². The number of halogens is 3. The summed E-state index contributed by atoms with van der Waals surface area (Å²) >= 11 is 17.9. The second-order valence-corrected chi connectivity index (χ2v) is 9.62. The lowest BCUT2D eigenvalue weighted by atomic mass is 10.0. The zero-order valence-corrected chi connectivity index (χ0v) is 20.9. The Bertz CT molecular complexity index is 894. The Morgan fingerprint density at radius 2 is 1.52 bits per heavy atom. The molecule has 1 aliphatic heterocycles. The molecule has 0 bridgehead atoms. The van der Waals surface area contributed by atoms with E-state index in [2.05, 4.69) is 10.2 Å². The van der Waals surface area contributed by atoms with Crippen molar-refractivity contribution in [3.05, 3.63) is 57.0 Å². The van der Waals surface area contributed by atoms with Crippen molar-refractivity contribution in [2.24, 2.45) is 0 Å². The molecular formula is C24H31Cl3N2O4. The van der Waals surface area contributed by atoms with Gasteiger partial charge in [-0.05, 0) is 68.8 Å². The Labute approximate surface area is 210 Å². The maximum atomic E-state index is 10.3. The fourth-order valence-electron chi connectivity index (χ4n) is 3.69. The number of piperidine rings is 1. The molecule has 2 atom stereocenters. The Morgan fingerprint density at radius 3 is 2.15 bits per heavy atom. The highest BCUT2D eigenvalue weighted by Crippen LogP contribution is 2.26. The van der Waals surface area contributed by atoms with Crippen molar-refractivity contribution in [1.29, 1.82) is 0 Å². The Hall–Kier alpha value is -1.25. The number of hydrogen-bond donors (Lipinski definition) is 3. The van der Waals surface area contributed by atoms with Gasteiger partial charge in [-0.2, -0.15) is 0 Å². The first-order chi connectivity index (χ1) is 15.8. The zero-order valence-electron chi connectivity index (χ0n) is 18.6. The third-order valence-corrected chi connectivity index (χ3v) is 6.77. The molecule has 0 unspecified atom stereocenters. The predicted octanol–water partition coefficient (Wildman–Crippen LogP) is 4.19. The lowest BCUT2D eigenvalue weighted by molar-refractivity contribution is 0.0556. The maximum absolute atomic E-state index is 10.3. The van der Waals surface area contributed by atoms with Crippen LogP contribution in [0.2, 0.25) is 15.1 Å². The summed E-state index contributed by atoms with van der Waals surface area (Å²) in [5.74, 6) is 1.28. The van der Waals surface area contributed by atoms with Crippen LogP contribution in [0.25, 0.3) is 0 Å². The number of nitrogens with one attached hydrogen (secondary N) is 1. The van der Waals surface area contributed by atoms with Gasteiger partial charge in [0.15, 0.2) is 0 Å². The SMILES string of the molecule is Cc1cc(OC[C@H](O)CN2CCC(NC[C@@H](O)COc3ccc(Cl)c(Cl)c3)CC2)ccc1Cl. The minimum atomic E-state index is -0.632. The van der Waals surface area contributed by atoms with Gasteiger partial charge >= 0.3 is 0 Å². The van der Waals surface area contributed by atoms with Gasteiger partial charge in [-0.3, -0.25) is 0 Å². The summed E-state index contributed by atoms with van der Waals surface area (Å²) in [7, 11) is 0. The second-order valence-electron chi connectivity index (χ2n) is 8.40. The summed E-state index contributed by atoms with van der Waals surface area (Å²) in [5, 5.41) is 25.5. The number of nitrogens with zero attached hydrogens (tertiary/aromatic N) is 1. The molecule has 0 spiro atoms. The summed E-state index contributed by atoms with van der Waals surface area (Å²) in [6, 6.07) is 10.8. The third-order valence-electron chi connectivity index (χ3n) is 5.60. The van der Waals surface area contributed by atoms with Gasteiger partial charge in [-0.1, -0.05) is 34.8 Å². The number of hydrogen-bond acceptors (Lipinski definition) is 6. The van der Waals surface area contributed by atoms with E-state index >= 15 is 0 Å². The molecular weight excluding hydrogens is 487 g/mol. The van der Waals surface area contributed by atoms with Crippen LogP contribution in [-0.2, 0) is 0 Å². The number of ether oxygens (including phenoxy) is 2. The smallest absolute Gasteiger partial charge is 0.121 e. The van der Waals surface area contributed by atoms with Gasteiger partial charge < -0.3 is 29.9 Å². The normalized spacial score (nSPS) is 17.0. The van der Waals surface area contributed by atoms with Gasteiger partial charge in [0.1, 0.15) is 36.9 Å². The molecule has 3 N–H and O–H groups in total. The molecule has 0 aromatic heterocycles. The number of aliphatic hydroxyl groups excluding tert-OH is 2. The summed E-state index contributed by atoms with van der Waals surface area (Å²) in [6.45, 7) is 5.11. The second kappa shape index (κ2) is 13.0. The molecule has 182 valence electrons. The molecule has 0 aliphatic carbocycles. The summed E-state index contributed by atoms with van der Waals surface area (Å²) in [4.78, 5) is 2.24. The number of aliphatic hydroxyl groups is 2. The molecule has 2 aromatic carbocycles. The first-order valence-corrected chi connectivity index (χ1v) is 12.2. The highest BCUT2D eigenvalue weighted by Gasteiger charge is 2.21. The summed E-state index contributed by atoms with van der Waals surface area (Å²) < 4.78 is 11.3. The van der Waals surface area contributed by atoms with Gasteiger partial charge in [0.25, 0.3) is 0 Å². The fourth-order valence-corrected chi connectivity index (χ4v) is 4.10. The van der Waals surface area contributed by atoms with Crippen molar-refractivity contribution in [2.45, 2.75) is 38.0 Å². The van der Waals surface area contributed by atoms with E-state index in [1.807, 2.05) is 19.1 Å². The molecule has 1 aliphatic rings. The number of likely N-dealkylation sites (tertiary alicyclic amines) is 1. The molecule has 1 heterocycles. The number of benzene rings is 2. The van der Waals surface area contributed by atoms with Crippen molar-refractivity contribution in [3.63, 3.8) is 0 Å². The lowest BCUT2D eigenvalue weighted by Gasteiger charge is -2.33. The van der Waals surface area contributed by atoms with E-state index in [9.17, 15) is 10.2 Å². The Morgan fingerprint density at radius 1 is 0.909 bits per heavy atom. The highest BCUT2D eigenvalue weighted by atomic mass is 35.5. The number of β-amino-alcohol motifs (C(OH)–C–C–N with tert-alkyl or cyclic N) is 1. The topological polar surface area (TPSA) is 74.2 Å². The first-order valence-electron chi connectivity index (χ1n) is 11.1. The van der Waals surface area contributed by atoms with E-state index in [-0.39, 0.29) is 13.2 Å². The minimum absolute atomic E-state index is 0.170. The van der Waals surface area contributed by atoms with E-state index < -0.39 is 12.2 Å². The van der Waals surface area contributed by atoms with Crippen LogP contribution < -0.4 is 14.8 Å². The molecule has 9 heteroatoms. The standard InChI is InChI=1S/C24H31Cl3N2O4/c1-16-10-20(2-4-22(16)25)33-15-19(31)13-29-8-6-17(7-9-29)28-12-18(30)14-32-21-3-5-23(26)24(27)11-21/h2-5,10-11,17-19,28,30-31H,6-9,12-15H2,1H3/t18-,19-/m1/s1. The third kappa shape index (κ3) is 8.80. The Balaban J connectivity index is 1.29. The highest BCUT2D eigenvalue weighted by molar-refractivity contribution is 6.42. The monoisotopic (exact) mass is 516 g/mol. The van der Waals surface area contributed by atoms with Crippen molar-refractivity contribution in [3.8, 4) is 11.5 Å². The van der Waals surface area contributed by atoms with Gasteiger partial charge in [0.2, 0.25) is 0 Å². The number of aryl methyl sites for hydroxylation is 1. The lowest BCUT2D eigenvalue weighted by Crippen LogP contribution is -2.47. The van der Waals surface area contributed by atoms with E-state index in [1.54, 1.807) is 24.3 Å². The van der Waals surface area contributed by atoms with Crippen LogP contribution in [0, 0.1) is 6.92 Å². The van der Waals surface area contributed by atoms with Crippen LogP contribution in [0.4, 0.5) is 0 Å². The molecule has 2 aromatic rings.